The van der Waals surface area contributed by atoms with Crippen molar-refractivity contribution in [2.24, 2.45) is 0 Å². The second-order valence-electron chi connectivity index (χ2n) is 9.31. The normalized spacial score (nSPS) is 18.9. The highest BCUT2D eigenvalue weighted by molar-refractivity contribution is 5.92. The Labute approximate surface area is 199 Å². The third-order valence-corrected chi connectivity index (χ3v) is 7.47. The summed E-state index contributed by atoms with van der Waals surface area (Å²) in [5.74, 6) is 1.75. The summed E-state index contributed by atoms with van der Waals surface area (Å²) in [5.41, 5.74) is 3.36. The van der Waals surface area contributed by atoms with Crippen LogP contribution in [0.25, 0.3) is 6.08 Å². The van der Waals surface area contributed by atoms with E-state index in [0.29, 0.717) is 18.8 Å². The van der Waals surface area contributed by atoms with Crippen LogP contribution < -0.4 is 9.80 Å². The first-order valence-electron chi connectivity index (χ1n) is 12.0. The Morgan fingerprint density at radius 2 is 1.53 bits per heavy atom. The predicted molar refractivity (Wildman–Crippen MR) is 133 cm³/mol. The molecule has 172 valence electrons. The molecule has 6 rings (SSSR count). The molecule has 3 aliphatic rings. The number of nitrogens with zero attached hydrogens (tertiary/aromatic N) is 6. The van der Waals surface area contributed by atoms with Gasteiger partial charge in [-0.3, -0.25) is 4.79 Å². The standard InChI is InChI=1S/C27H28N6O/c34-26(33-19-17-32(18-20-33)24-7-3-4-14-28-24)23-8-9-25(30-29-23)31-15-12-27(13-16-31)11-10-21-5-1-2-6-22(21)27/h1-11,14H,12-13,15-20H2. The molecule has 0 bridgehead atoms. The third-order valence-electron chi connectivity index (χ3n) is 7.47. The van der Waals surface area contributed by atoms with E-state index in [2.05, 4.69) is 61.4 Å². The van der Waals surface area contributed by atoms with Gasteiger partial charge in [-0.15, -0.1) is 10.2 Å². The van der Waals surface area contributed by atoms with Crippen LogP contribution in [0, 0.1) is 0 Å². The Balaban J connectivity index is 1.07. The van der Waals surface area contributed by atoms with Gasteiger partial charge in [0.05, 0.1) is 0 Å². The first-order valence-corrected chi connectivity index (χ1v) is 12.0. The van der Waals surface area contributed by atoms with E-state index in [-0.39, 0.29) is 11.3 Å². The number of fused-ring (bicyclic) bond motifs is 2. The maximum Gasteiger partial charge on any atom is 0.274 e. The summed E-state index contributed by atoms with van der Waals surface area (Å²) in [5, 5.41) is 8.74. The molecule has 0 N–H and O–H groups in total. The topological polar surface area (TPSA) is 65.5 Å². The van der Waals surface area contributed by atoms with E-state index in [9.17, 15) is 4.79 Å². The number of rotatable bonds is 3. The second-order valence-corrected chi connectivity index (χ2v) is 9.31. The second kappa shape index (κ2) is 8.56. The average molecular weight is 453 g/mol. The molecule has 0 radical (unpaired) electrons. The number of piperidine rings is 1. The fourth-order valence-electron chi connectivity index (χ4n) is 5.46. The summed E-state index contributed by atoms with van der Waals surface area (Å²) in [4.78, 5) is 23.7. The van der Waals surface area contributed by atoms with Gasteiger partial charge < -0.3 is 14.7 Å². The maximum atomic E-state index is 13.0. The highest BCUT2D eigenvalue weighted by atomic mass is 16.2. The van der Waals surface area contributed by atoms with Crippen LogP contribution >= 0.6 is 0 Å². The van der Waals surface area contributed by atoms with Gasteiger partial charge in [-0.2, -0.15) is 0 Å². The number of carbonyl (C=O) groups excluding carboxylic acids is 1. The lowest BCUT2D eigenvalue weighted by Crippen LogP contribution is -2.49. The quantitative estimate of drug-likeness (QED) is 0.607. The zero-order chi connectivity index (χ0) is 23.0. The molecule has 1 aromatic carbocycles. The third kappa shape index (κ3) is 3.71. The minimum atomic E-state index is -0.0509. The number of benzene rings is 1. The molecule has 1 amide bonds. The van der Waals surface area contributed by atoms with E-state index in [0.717, 1.165) is 50.7 Å². The van der Waals surface area contributed by atoms with Crippen molar-refractivity contribution in [2.75, 3.05) is 49.1 Å². The van der Waals surface area contributed by atoms with Gasteiger partial charge in [0.15, 0.2) is 11.5 Å². The number of anilines is 2. The molecule has 1 aliphatic carbocycles. The fraction of sp³-hybridized carbons (Fsp3) is 0.333. The van der Waals surface area contributed by atoms with Crippen molar-refractivity contribution in [3.05, 3.63) is 83.7 Å². The van der Waals surface area contributed by atoms with Crippen LogP contribution in [0.4, 0.5) is 11.6 Å². The molecular weight excluding hydrogens is 424 g/mol. The minimum absolute atomic E-state index is 0.0509. The smallest absolute Gasteiger partial charge is 0.274 e. The summed E-state index contributed by atoms with van der Waals surface area (Å²) in [6.45, 7) is 4.69. The van der Waals surface area contributed by atoms with E-state index in [4.69, 9.17) is 0 Å². The number of amides is 1. The highest BCUT2D eigenvalue weighted by Crippen LogP contribution is 2.44. The van der Waals surface area contributed by atoms with Gasteiger partial charge in [0.25, 0.3) is 5.91 Å². The summed E-state index contributed by atoms with van der Waals surface area (Å²) in [7, 11) is 0. The van der Waals surface area contributed by atoms with Crippen LogP contribution in [0.15, 0.2) is 66.9 Å². The van der Waals surface area contributed by atoms with Gasteiger partial charge in [-0.1, -0.05) is 42.5 Å². The van der Waals surface area contributed by atoms with Crippen molar-refractivity contribution in [1.82, 2.24) is 20.1 Å². The first-order chi connectivity index (χ1) is 16.7. The minimum Gasteiger partial charge on any atom is -0.355 e. The van der Waals surface area contributed by atoms with Crippen LogP contribution in [-0.4, -0.2) is 65.3 Å². The van der Waals surface area contributed by atoms with Gasteiger partial charge in [0, 0.05) is 50.9 Å². The summed E-state index contributed by atoms with van der Waals surface area (Å²) in [6, 6.07) is 18.4. The van der Waals surface area contributed by atoms with Crippen molar-refractivity contribution >= 4 is 23.6 Å². The fourth-order valence-corrected chi connectivity index (χ4v) is 5.46. The van der Waals surface area contributed by atoms with Crippen LogP contribution in [0.2, 0.25) is 0 Å². The largest absolute Gasteiger partial charge is 0.355 e. The summed E-state index contributed by atoms with van der Waals surface area (Å²) in [6.07, 6.45) is 8.57. The molecule has 3 aromatic rings. The number of hydrogen-bond acceptors (Lipinski definition) is 6. The van der Waals surface area contributed by atoms with Gasteiger partial charge in [0.2, 0.25) is 0 Å². The number of piperazine rings is 1. The number of pyridine rings is 1. The molecule has 2 aromatic heterocycles. The van der Waals surface area contributed by atoms with E-state index in [1.807, 2.05) is 35.2 Å². The summed E-state index contributed by atoms with van der Waals surface area (Å²) >= 11 is 0. The molecule has 4 heterocycles. The molecule has 2 saturated heterocycles. The number of allylic oxidation sites excluding steroid dienone is 1. The lowest BCUT2D eigenvalue weighted by Gasteiger charge is -2.39. The lowest BCUT2D eigenvalue weighted by molar-refractivity contribution is 0.0739. The van der Waals surface area contributed by atoms with Crippen molar-refractivity contribution in [1.29, 1.82) is 0 Å². The van der Waals surface area contributed by atoms with Crippen LogP contribution in [0.1, 0.15) is 34.5 Å². The molecule has 0 atom stereocenters. The van der Waals surface area contributed by atoms with Crippen LogP contribution in [-0.2, 0) is 5.41 Å². The van der Waals surface area contributed by atoms with Crippen LogP contribution in [0.5, 0.6) is 0 Å². The zero-order valence-electron chi connectivity index (χ0n) is 19.2. The van der Waals surface area contributed by atoms with Crippen LogP contribution in [0.3, 0.4) is 0 Å². The van der Waals surface area contributed by atoms with Gasteiger partial charge >= 0.3 is 0 Å². The van der Waals surface area contributed by atoms with E-state index in [1.54, 1.807) is 6.20 Å². The average Bonchev–Trinajstić information content (AvgIpc) is 3.27. The monoisotopic (exact) mass is 452 g/mol. The van der Waals surface area contributed by atoms with E-state index in [1.165, 1.54) is 11.1 Å². The molecule has 34 heavy (non-hydrogen) atoms. The molecule has 2 fully saturated rings. The van der Waals surface area contributed by atoms with Crippen molar-refractivity contribution in [3.63, 3.8) is 0 Å². The number of hydrogen-bond donors (Lipinski definition) is 0. The highest BCUT2D eigenvalue weighted by Gasteiger charge is 2.38. The molecule has 7 heteroatoms. The van der Waals surface area contributed by atoms with E-state index >= 15 is 0 Å². The molecule has 1 spiro atoms. The number of aromatic nitrogens is 3. The van der Waals surface area contributed by atoms with E-state index < -0.39 is 0 Å². The molecule has 0 saturated carbocycles. The van der Waals surface area contributed by atoms with Crippen molar-refractivity contribution < 1.29 is 4.79 Å². The molecule has 7 nitrogen and oxygen atoms in total. The Hall–Kier alpha value is -3.74. The Morgan fingerprint density at radius 1 is 0.765 bits per heavy atom. The van der Waals surface area contributed by atoms with Gasteiger partial charge in [-0.25, -0.2) is 4.98 Å². The van der Waals surface area contributed by atoms with Gasteiger partial charge in [0.1, 0.15) is 5.82 Å². The Bertz CT molecular complexity index is 1190. The van der Waals surface area contributed by atoms with Crippen molar-refractivity contribution in [3.8, 4) is 0 Å². The maximum absolute atomic E-state index is 13.0. The first kappa shape index (κ1) is 20.8. The lowest BCUT2D eigenvalue weighted by atomic mass is 9.74. The molecular formula is C27H28N6O. The molecule has 2 aliphatic heterocycles. The predicted octanol–water partition coefficient (Wildman–Crippen LogP) is 3.40. The summed E-state index contributed by atoms with van der Waals surface area (Å²) < 4.78 is 0. The molecule has 0 unspecified atom stereocenters. The Morgan fingerprint density at radius 3 is 2.26 bits per heavy atom. The van der Waals surface area contributed by atoms with Gasteiger partial charge in [-0.05, 0) is 48.2 Å². The SMILES string of the molecule is O=C(c1ccc(N2CCC3(C=Cc4ccccc43)CC2)nn1)N1CCN(c2ccccn2)CC1. The Kier molecular flexibility index (Phi) is 5.24. The number of carbonyl (C=O) groups is 1. The zero-order valence-corrected chi connectivity index (χ0v) is 19.2. The van der Waals surface area contributed by atoms with Crippen molar-refractivity contribution in [2.45, 2.75) is 18.3 Å².